The van der Waals surface area contributed by atoms with E-state index in [9.17, 15) is 18.8 Å². The number of benzene rings is 1. The summed E-state index contributed by atoms with van der Waals surface area (Å²) in [6.45, 7) is 2.46. The van der Waals surface area contributed by atoms with Gasteiger partial charge < -0.3 is 15.1 Å². The minimum absolute atomic E-state index is 0.0225. The number of piperidine rings is 1. The van der Waals surface area contributed by atoms with Crippen molar-refractivity contribution in [3.63, 3.8) is 0 Å². The highest BCUT2D eigenvalue weighted by atomic mass is 32.1. The summed E-state index contributed by atoms with van der Waals surface area (Å²) < 4.78 is 13.1. The van der Waals surface area contributed by atoms with Crippen molar-refractivity contribution in [2.24, 2.45) is 5.92 Å². The highest BCUT2D eigenvalue weighted by Gasteiger charge is 2.37. The van der Waals surface area contributed by atoms with Gasteiger partial charge in [0.25, 0.3) is 11.8 Å². The molecule has 8 heteroatoms. The first-order valence-corrected chi connectivity index (χ1v) is 11.6. The van der Waals surface area contributed by atoms with E-state index in [2.05, 4.69) is 5.32 Å². The van der Waals surface area contributed by atoms with Crippen LogP contribution in [-0.2, 0) is 4.79 Å². The maximum absolute atomic E-state index is 13.2. The Labute approximate surface area is 185 Å². The largest absolute Gasteiger partial charge is 0.341 e. The molecule has 1 aromatic heterocycles. The van der Waals surface area contributed by atoms with Crippen molar-refractivity contribution in [3.05, 3.63) is 58.0 Å². The lowest BCUT2D eigenvalue weighted by Gasteiger charge is -2.37. The minimum atomic E-state index is -0.587. The van der Waals surface area contributed by atoms with Gasteiger partial charge in [-0.1, -0.05) is 6.07 Å². The van der Waals surface area contributed by atoms with E-state index < -0.39 is 6.04 Å². The van der Waals surface area contributed by atoms with E-state index in [4.69, 9.17) is 0 Å². The normalized spacial score (nSPS) is 18.1. The average Bonchev–Trinajstić information content (AvgIpc) is 3.52. The van der Waals surface area contributed by atoms with E-state index in [-0.39, 0.29) is 29.5 Å². The smallest absolute Gasteiger partial charge is 0.262 e. The number of halogens is 1. The molecule has 3 heterocycles. The number of carbonyl (C=O) groups is 3. The lowest BCUT2D eigenvalue weighted by Crippen LogP contribution is -2.54. The van der Waals surface area contributed by atoms with Crippen LogP contribution in [-0.4, -0.2) is 59.7 Å². The summed E-state index contributed by atoms with van der Waals surface area (Å²) in [4.78, 5) is 42.8. The van der Waals surface area contributed by atoms with Gasteiger partial charge in [-0.15, -0.1) is 11.3 Å². The number of amides is 3. The third-order valence-corrected chi connectivity index (χ3v) is 6.97. The van der Waals surface area contributed by atoms with Crippen molar-refractivity contribution in [2.75, 3.05) is 26.2 Å². The summed E-state index contributed by atoms with van der Waals surface area (Å²) >= 11 is 1.35. The Balaban J connectivity index is 1.43. The van der Waals surface area contributed by atoms with Gasteiger partial charge in [-0.25, -0.2) is 4.39 Å². The van der Waals surface area contributed by atoms with E-state index in [0.29, 0.717) is 36.4 Å². The standard InChI is InChI=1S/C23H26FN3O3S/c24-18-7-5-17(6-8-18)22(29)27-13-9-16(10-14-27)20(23(30)26-11-1-2-12-26)25-21(28)19-4-3-15-31-19/h3-8,15-16,20H,1-2,9-14H2,(H,25,28). The number of nitrogens with one attached hydrogen (secondary N) is 1. The Morgan fingerprint density at radius 3 is 2.26 bits per heavy atom. The highest BCUT2D eigenvalue weighted by molar-refractivity contribution is 7.12. The molecule has 4 rings (SSSR count). The van der Waals surface area contributed by atoms with Crippen LogP contribution in [0.5, 0.6) is 0 Å². The molecular weight excluding hydrogens is 417 g/mol. The first kappa shape index (κ1) is 21.5. The van der Waals surface area contributed by atoms with E-state index >= 15 is 0 Å². The molecule has 2 aromatic rings. The van der Waals surface area contributed by atoms with Gasteiger partial charge in [-0.05, 0) is 67.3 Å². The quantitative estimate of drug-likeness (QED) is 0.772. The molecule has 1 unspecified atom stereocenters. The van der Waals surface area contributed by atoms with Gasteiger partial charge in [-0.2, -0.15) is 0 Å². The van der Waals surface area contributed by atoms with Crippen molar-refractivity contribution < 1.29 is 18.8 Å². The summed E-state index contributed by atoms with van der Waals surface area (Å²) in [6, 6.07) is 8.53. The fraction of sp³-hybridized carbons (Fsp3) is 0.435. The lowest BCUT2D eigenvalue weighted by molar-refractivity contribution is -0.134. The molecule has 2 aliphatic rings. The predicted octanol–water partition coefficient (Wildman–Crippen LogP) is 3.16. The van der Waals surface area contributed by atoms with Crippen molar-refractivity contribution in [1.82, 2.24) is 15.1 Å². The molecule has 3 amide bonds. The maximum Gasteiger partial charge on any atom is 0.262 e. The van der Waals surface area contributed by atoms with Crippen LogP contribution in [0.3, 0.4) is 0 Å². The summed E-state index contributed by atoms with van der Waals surface area (Å²) in [5.74, 6) is -0.791. The summed E-state index contributed by atoms with van der Waals surface area (Å²) in [5.41, 5.74) is 0.454. The number of thiophene rings is 1. The van der Waals surface area contributed by atoms with Crippen LogP contribution in [0.4, 0.5) is 4.39 Å². The van der Waals surface area contributed by atoms with E-state index in [1.165, 1.54) is 35.6 Å². The van der Waals surface area contributed by atoms with Gasteiger partial charge in [0.2, 0.25) is 5.91 Å². The van der Waals surface area contributed by atoms with Crippen LogP contribution >= 0.6 is 11.3 Å². The minimum Gasteiger partial charge on any atom is -0.341 e. The summed E-state index contributed by atoms with van der Waals surface area (Å²) in [6.07, 6.45) is 3.23. The molecule has 1 atom stereocenters. The fourth-order valence-corrected chi connectivity index (χ4v) is 4.97. The number of nitrogens with zero attached hydrogens (tertiary/aromatic N) is 2. The Morgan fingerprint density at radius 2 is 1.65 bits per heavy atom. The van der Waals surface area contributed by atoms with Crippen LogP contribution < -0.4 is 5.32 Å². The molecule has 2 saturated heterocycles. The van der Waals surface area contributed by atoms with Gasteiger partial charge >= 0.3 is 0 Å². The second-order valence-corrected chi connectivity index (χ2v) is 9.05. The Kier molecular flexibility index (Phi) is 6.65. The highest BCUT2D eigenvalue weighted by Crippen LogP contribution is 2.25. The van der Waals surface area contributed by atoms with Crippen LogP contribution in [0.15, 0.2) is 41.8 Å². The molecule has 0 radical (unpaired) electrons. The molecule has 1 aromatic carbocycles. The number of hydrogen-bond acceptors (Lipinski definition) is 4. The molecule has 0 bridgehead atoms. The van der Waals surface area contributed by atoms with Crippen molar-refractivity contribution >= 4 is 29.1 Å². The van der Waals surface area contributed by atoms with Crippen LogP contribution in [0, 0.1) is 11.7 Å². The molecule has 164 valence electrons. The van der Waals surface area contributed by atoms with Crippen LogP contribution in [0.1, 0.15) is 45.7 Å². The molecular formula is C23H26FN3O3S. The zero-order chi connectivity index (χ0) is 21.8. The fourth-order valence-electron chi connectivity index (χ4n) is 4.35. The van der Waals surface area contributed by atoms with Crippen molar-refractivity contribution in [1.29, 1.82) is 0 Å². The second kappa shape index (κ2) is 9.60. The van der Waals surface area contributed by atoms with Crippen molar-refractivity contribution in [3.8, 4) is 0 Å². The van der Waals surface area contributed by atoms with Gasteiger partial charge in [0, 0.05) is 31.7 Å². The van der Waals surface area contributed by atoms with Gasteiger partial charge in [0.1, 0.15) is 11.9 Å². The molecule has 1 N–H and O–H groups in total. The van der Waals surface area contributed by atoms with Crippen LogP contribution in [0.2, 0.25) is 0 Å². The zero-order valence-corrected chi connectivity index (χ0v) is 18.1. The predicted molar refractivity (Wildman–Crippen MR) is 116 cm³/mol. The van der Waals surface area contributed by atoms with E-state index in [1.807, 2.05) is 16.3 Å². The first-order chi connectivity index (χ1) is 15.0. The van der Waals surface area contributed by atoms with Gasteiger partial charge in [-0.3, -0.25) is 14.4 Å². The summed E-state index contributed by atoms with van der Waals surface area (Å²) in [5, 5.41) is 4.82. The molecule has 0 saturated carbocycles. The van der Waals surface area contributed by atoms with E-state index in [0.717, 1.165) is 25.9 Å². The molecule has 2 fully saturated rings. The maximum atomic E-state index is 13.2. The Morgan fingerprint density at radius 1 is 0.968 bits per heavy atom. The second-order valence-electron chi connectivity index (χ2n) is 8.10. The topological polar surface area (TPSA) is 69.7 Å². The third kappa shape index (κ3) is 4.95. The monoisotopic (exact) mass is 443 g/mol. The Bertz CT molecular complexity index is 918. The SMILES string of the molecule is O=C(NC(C(=O)N1CCCC1)C1CCN(C(=O)c2ccc(F)cc2)CC1)c1cccs1. The third-order valence-electron chi connectivity index (χ3n) is 6.10. The van der Waals surface area contributed by atoms with Crippen molar-refractivity contribution in [2.45, 2.75) is 31.7 Å². The molecule has 6 nitrogen and oxygen atoms in total. The van der Waals surface area contributed by atoms with Gasteiger partial charge in [0.15, 0.2) is 0 Å². The molecule has 31 heavy (non-hydrogen) atoms. The van der Waals surface area contributed by atoms with Crippen LogP contribution in [0.25, 0.3) is 0 Å². The van der Waals surface area contributed by atoms with Gasteiger partial charge in [0.05, 0.1) is 4.88 Å². The number of hydrogen-bond donors (Lipinski definition) is 1. The summed E-state index contributed by atoms with van der Waals surface area (Å²) in [7, 11) is 0. The average molecular weight is 444 g/mol. The number of rotatable bonds is 5. The molecule has 0 spiro atoms. The number of carbonyl (C=O) groups excluding carboxylic acids is 3. The number of likely N-dealkylation sites (tertiary alicyclic amines) is 2. The molecule has 0 aliphatic carbocycles. The Hall–Kier alpha value is -2.74. The lowest BCUT2D eigenvalue weighted by atomic mass is 9.88. The van der Waals surface area contributed by atoms with E-state index in [1.54, 1.807) is 11.0 Å². The zero-order valence-electron chi connectivity index (χ0n) is 17.3. The first-order valence-electron chi connectivity index (χ1n) is 10.7. The molecule has 2 aliphatic heterocycles.